The Morgan fingerprint density at radius 3 is 2.50 bits per heavy atom. The van der Waals surface area contributed by atoms with Crippen molar-refractivity contribution < 1.29 is 4.74 Å². The van der Waals surface area contributed by atoms with Gasteiger partial charge >= 0.3 is 0 Å². The van der Waals surface area contributed by atoms with Gasteiger partial charge in [-0.15, -0.1) is 0 Å². The lowest BCUT2D eigenvalue weighted by Crippen LogP contribution is -2.38. The fourth-order valence-electron chi connectivity index (χ4n) is 1.36. The van der Waals surface area contributed by atoms with Gasteiger partial charge in [-0.1, -0.05) is 50.5 Å². The van der Waals surface area contributed by atoms with Crippen molar-refractivity contribution in [1.29, 1.82) is 0 Å². The van der Waals surface area contributed by atoms with Crippen LogP contribution in [0.25, 0.3) is 0 Å². The Balaban J connectivity index is 2.97. The van der Waals surface area contributed by atoms with Crippen molar-refractivity contribution in [3.63, 3.8) is 0 Å². The second kappa shape index (κ2) is 4.47. The maximum absolute atomic E-state index is 5.63. The molecule has 1 nitrogen and oxygen atoms in total. The molecule has 0 radical (unpaired) electrons. The van der Waals surface area contributed by atoms with Gasteiger partial charge in [-0.2, -0.15) is 0 Å². The third-order valence-corrected chi connectivity index (χ3v) is 4.08. The maximum atomic E-state index is 5.63. The summed E-state index contributed by atoms with van der Waals surface area (Å²) in [6.45, 7) is 11.2. The highest BCUT2D eigenvalue weighted by molar-refractivity contribution is 6.89. The topological polar surface area (TPSA) is 9.23 Å². The zero-order valence-electron chi connectivity index (χ0n) is 9.21. The Bertz CT molecular complexity index is 312. The van der Waals surface area contributed by atoms with E-state index in [1.807, 2.05) is 12.1 Å². The number of rotatable bonds is 4. The molecule has 0 fully saturated rings. The maximum Gasteiger partial charge on any atom is 0.118 e. The van der Waals surface area contributed by atoms with Gasteiger partial charge in [0.2, 0.25) is 0 Å². The molecule has 0 aliphatic rings. The van der Waals surface area contributed by atoms with Crippen molar-refractivity contribution in [2.45, 2.75) is 19.6 Å². The lowest BCUT2D eigenvalue weighted by Gasteiger charge is -2.20. The Morgan fingerprint density at radius 1 is 1.29 bits per heavy atom. The molecule has 1 rings (SSSR count). The number of hydrogen-bond donors (Lipinski definition) is 0. The van der Waals surface area contributed by atoms with Crippen LogP contribution < -0.4 is 9.92 Å². The molecular weight excluding hydrogens is 188 g/mol. The summed E-state index contributed by atoms with van der Waals surface area (Å²) in [5, 5.41) is 1.38. The quantitative estimate of drug-likeness (QED) is 0.544. The molecule has 1 aromatic rings. The van der Waals surface area contributed by atoms with Gasteiger partial charge in [0.25, 0.3) is 0 Å². The van der Waals surface area contributed by atoms with Crippen LogP contribution in [0.4, 0.5) is 0 Å². The first-order valence-electron chi connectivity index (χ1n) is 4.89. The van der Waals surface area contributed by atoms with E-state index in [2.05, 4.69) is 38.4 Å². The number of hydrogen-bond acceptors (Lipinski definition) is 1. The Morgan fingerprint density at radius 2 is 1.93 bits per heavy atom. The van der Waals surface area contributed by atoms with Crippen LogP contribution in [0.5, 0.6) is 5.75 Å². The zero-order valence-corrected chi connectivity index (χ0v) is 10.2. The third-order valence-electron chi connectivity index (χ3n) is 2.05. The predicted molar refractivity (Wildman–Crippen MR) is 65.1 cm³/mol. The molecule has 0 aliphatic carbocycles. The minimum Gasteiger partial charge on any atom is -0.490 e. The first-order valence-corrected chi connectivity index (χ1v) is 8.39. The molecule has 0 unspecified atom stereocenters. The molecule has 14 heavy (non-hydrogen) atoms. The molecule has 0 N–H and O–H groups in total. The SMILES string of the molecule is C=CCOc1ccccc1[Si](C)(C)C. The average molecular weight is 206 g/mol. The van der Waals surface area contributed by atoms with E-state index in [0.29, 0.717) is 6.61 Å². The first kappa shape index (κ1) is 11.1. The van der Waals surface area contributed by atoms with E-state index in [-0.39, 0.29) is 0 Å². The Hall–Kier alpha value is -1.02. The summed E-state index contributed by atoms with van der Waals surface area (Å²) < 4.78 is 5.63. The molecule has 0 saturated heterocycles. The van der Waals surface area contributed by atoms with Crippen molar-refractivity contribution in [1.82, 2.24) is 0 Å². The van der Waals surface area contributed by atoms with Crippen molar-refractivity contribution in [2.75, 3.05) is 6.61 Å². The van der Waals surface area contributed by atoms with Gasteiger partial charge in [0.1, 0.15) is 12.4 Å². The summed E-state index contributed by atoms with van der Waals surface area (Å²) in [6, 6.07) is 8.30. The molecule has 0 aromatic heterocycles. The number of ether oxygens (including phenoxy) is 1. The molecule has 0 bridgehead atoms. The van der Waals surface area contributed by atoms with E-state index < -0.39 is 8.07 Å². The first-order chi connectivity index (χ1) is 6.55. The van der Waals surface area contributed by atoms with E-state index in [4.69, 9.17) is 4.74 Å². The highest BCUT2D eigenvalue weighted by Crippen LogP contribution is 2.13. The summed E-state index contributed by atoms with van der Waals surface area (Å²) in [7, 11) is -1.29. The van der Waals surface area contributed by atoms with Crippen LogP contribution in [0.3, 0.4) is 0 Å². The molecule has 0 aliphatic heterocycles. The minimum atomic E-state index is -1.29. The van der Waals surface area contributed by atoms with Gasteiger partial charge in [0, 0.05) is 0 Å². The van der Waals surface area contributed by atoms with Crippen LogP contribution in [-0.4, -0.2) is 14.7 Å². The van der Waals surface area contributed by atoms with Crippen LogP contribution in [-0.2, 0) is 0 Å². The van der Waals surface area contributed by atoms with Gasteiger partial charge in [0.15, 0.2) is 0 Å². The van der Waals surface area contributed by atoms with Crippen molar-refractivity contribution in [3.05, 3.63) is 36.9 Å². The average Bonchev–Trinajstić information content (AvgIpc) is 2.14. The van der Waals surface area contributed by atoms with Gasteiger partial charge in [-0.3, -0.25) is 0 Å². The van der Waals surface area contributed by atoms with Crippen LogP contribution in [0.1, 0.15) is 0 Å². The fourth-order valence-corrected chi connectivity index (χ4v) is 2.85. The summed E-state index contributed by atoms with van der Waals surface area (Å²) in [5.41, 5.74) is 0. The molecular formula is C12H18OSi. The number of benzene rings is 1. The van der Waals surface area contributed by atoms with E-state index >= 15 is 0 Å². The van der Waals surface area contributed by atoms with Gasteiger partial charge in [-0.05, 0) is 11.3 Å². The molecule has 0 atom stereocenters. The molecule has 76 valence electrons. The van der Waals surface area contributed by atoms with Crippen LogP contribution >= 0.6 is 0 Å². The molecule has 0 saturated carbocycles. The summed E-state index contributed by atoms with van der Waals surface area (Å²) >= 11 is 0. The molecule has 0 heterocycles. The van der Waals surface area contributed by atoms with Crippen LogP contribution in [0, 0.1) is 0 Å². The fraction of sp³-hybridized carbons (Fsp3) is 0.333. The van der Waals surface area contributed by atoms with Crippen molar-refractivity contribution in [2.24, 2.45) is 0 Å². The third kappa shape index (κ3) is 2.74. The lowest BCUT2D eigenvalue weighted by atomic mass is 10.3. The Labute approximate surface area is 87.4 Å². The van der Waals surface area contributed by atoms with Crippen molar-refractivity contribution >= 4 is 13.3 Å². The van der Waals surface area contributed by atoms with Crippen LogP contribution in [0.2, 0.25) is 19.6 Å². The van der Waals surface area contributed by atoms with Crippen LogP contribution in [0.15, 0.2) is 36.9 Å². The van der Waals surface area contributed by atoms with E-state index in [1.54, 1.807) is 6.08 Å². The number of para-hydroxylation sites is 1. The standard InChI is InChI=1S/C12H18OSi/c1-5-10-13-11-8-6-7-9-12(11)14(2,3)4/h5-9H,1,10H2,2-4H3. The van der Waals surface area contributed by atoms with E-state index in [0.717, 1.165) is 5.75 Å². The molecule has 1 aromatic carbocycles. The highest BCUT2D eigenvalue weighted by Gasteiger charge is 2.20. The van der Waals surface area contributed by atoms with E-state index in [9.17, 15) is 0 Å². The second-order valence-electron chi connectivity index (χ2n) is 4.35. The monoisotopic (exact) mass is 206 g/mol. The summed E-state index contributed by atoms with van der Waals surface area (Å²) in [4.78, 5) is 0. The molecule has 2 heteroatoms. The minimum absolute atomic E-state index is 0.585. The lowest BCUT2D eigenvalue weighted by molar-refractivity contribution is 0.366. The predicted octanol–water partition coefficient (Wildman–Crippen LogP) is 2.80. The van der Waals surface area contributed by atoms with E-state index in [1.165, 1.54) is 5.19 Å². The normalized spacial score (nSPS) is 11.1. The van der Waals surface area contributed by atoms with Gasteiger partial charge < -0.3 is 4.74 Å². The second-order valence-corrected chi connectivity index (χ2v) is 9.38. The van der Waals surface area contributed by atoms with Crippen molar-refractivity contribution in [3.8, 4) is 5.75 Å². The summed E-state index contributed by atoms with van der Waals surface area (Å²) in [5.74, 6) is 1.02. The largest absolute Gasteiger partial charge is 0.490 e. The highest BCUT2D eigenvalue weighted by atomic mass is 28.3. The Kier molecular flexibility index (Phi) is 3.53. The smallest absolute Gasteiger partial charge is 0.118 e. The zero-order chi connectivity index (χ0) is 10.6. The van der Waals surface area contributed by atoms with Gasteiger partial charge in [0.05, 0.1) is 8.07 Å². The van der Waals surface area contributed by atoms with Gasteiger partial charge in [-0.25, -0.2) is 0 Å². The molecule has 0 amide bonds. The molecule has 0 spiro atoms. The summed E-state index contributed by atoms with van der Waals surface area (Å²) in [6.07, 6.45) is 1.78.